The van der Waals surface area contributed by atoms with E-state index in [0.717, 1.165) is 29.5 Å². The summed E-state index contributed by atoms with van der Waals surface area (Å²) in [5.41, 5.74) is 3.08. The molecule has 1 saturated heterocycles. The van der Waals surface area contributed by atoms with Gasteiger partial charge in [-0.1, -0.05) is 12.1 Å². The summed E-state index contributed by atoms with van der Waals surface area (Å²) in [5, 5.41) is 6.87. The van der Waals surface area contributed by atoms with Crippen LogP contribution in [0.25, 0.3) is 11.5 Å². The highest BCUT2D eigenvalue weighted by Crippen LogP contribution is 2.21. The number of carbonyl (C=O) groups is 2. The Kier molecular flexibility index (Phi) is 6.79. The van der Waals surface area contributed by atoms with E-state index in [0.29, 0.717) is 37.6 Å². The minimum Gasteiger partial charge on any atom is -0.444 e. The average molecular weight is 440 g/mol. The smallest absolute Gasteiger partial charge is 0.275 e. The maximum atomic E-state index is 12.7. The number of benzene rings is 1. The van der Waals surface area contributed by atoms with Crippen molar-refractivity contribution in [3.8, 4) is 11.5 Å². The lowest BCUT2D eigenvalue weighted by molar-refractivity contribution is -0.120. The number of oxazole rings is 1. The molecule has 162 valence electrons. The van der Waals surface area contributed by atoms with Gasteiger partial charge in [-0.3, -0.25) is 9.59 Å². The molecule has 2 amide bonds. The van der Waals surface area contributed by atoms with Crippen molar-refractivity contribution >= 4 is 23.2 Å². The Balaban J connectivity index is 1.33. The highest BCUT2D eigenvalue weighted by molar-refractivity contribution is 7.08. The molecule has 1 aromatic carbocycles. The number of carbonyl (C=O) groups excluding carboxylic acids is 2. The zero-order chi connectivity index (χ0) is 21.6. The Bertz CT molecular complexity index is 1010. The van der Waals surface area contributed by atoms with Gasteiger partial charge in [0.2, 0.25) is 11.8 Å². The molecule has 0 spiro atoms. The maximum absolute atomic E-state index is 12.7. The molecule has 8 heteroatoms. The molecule has 0 saturated carbocycles. The van der Waals surface area contributed by atoms with E-state index in [9.17, 15) is 9.59 Å². The number of rotatable bonds is 7. The van der Waals surface area contributed by atoms with Crippen molar-refractivity contribution in [1.82, 2.24) is 15.2 Å². The molecule has 0 bridgehead atoms. The lowest BCUT2D eigenvalue weighted by Gasteiger charge is -2.31. The van der Waals surface area contributed by atoms with Gasteiger partial charge in [-0.25, -0.2) is 4.98 Å². The minimum absolute atomic E-state index is 0.00763. The molecule has 1 unspecified atom stereocenters. The molecule has 0 radical (unpaired) electrons. The van der Waals surface area contributed by atoms with E-state index in [1.807, 2.05) is 41.1 Å². The topological polar surface area (TPSA) is 84.7 Å². The van der Waals surface area contributed by atoms with Gasteiger partial charge in [0.05, 0.1) is 12.5 Å². The van der Waals surface area contributed by atoms with Crippen LogP contribution in [0.4, 0.5) is 0 Å². The molecule has 3 heterocycles. The lowest BCUT2D eigenvalue weighted by Crippen LogP contribution is -2.43. The van der Waals surface area contributed by atoms with Crippen LogP contribution in [0.15, 0.2) is 51.8 Å². The number of ether oxygens (including phenoxy) is 1. The lowest BCUT2D eigenvalue weighted by atomic mass is 10.1. The zero-order valence-electron chi connectivity index (χ0n) is 17.4. The van der Waals surface area contributed by atoms with E-state index in [1.165, 1.54) is 6.26 Å². The minimum atomic E-state index is -0.137. The Morgan fingerprint density at radius 3 is 2.84 bits per heavy atom. The summed E-state index contributed by atoms with van der Waals surface area (Å²) >= 11 is 1.58. The first-order chi connectivity index (χ1) is 15.1. The van der Waals surface area contributed by atoms with Crippen LogP contribution in [0.3, 0.4) is 0 Å². The molecule has 4 rings (SSSR count). The molecule has 3 aromatic rings. The summed E-state index contributed by atoms with van der Waals surface area (Å²) < 4.78 is 10.9. The molecule has 1 N–H and O–H groups in total. The summed E-state index contributed by atoms with van der Waals surface area (Å²) in [4.78, 5) is 30.9. The van der Waals surface area contributed by atoms with E-state index in [-0.39, 0.29) is 17.9 Å². The van der Waals surface area contributed by atoms with Crippen molar-refractivity contribution < 1.29 is 18.7 Å². The third kappa shape index (κ3) is 5.39. The Morgan fingerprint density at radius 2 is 2.10 bits per heavy atom. The predicted octanol–water partition coefficient (Wildman–Crippen LogP) is 3.51. The van der Waals surface area contributed by atoms with Crippen LogP contribution in [0.1, 0.15) is 34.5 Å². The normalized spacial score (nSPS) is 16.3. The number of thiophene rings is 1. The molecule has 1 fully saturated rings. The van der Waals surface area contributed by atoms with Gasteiger partial charge in [0.15, 0.2) is 5.69 Å². The van der Waals surface area contributed by atoms with Crippen LogP contribution in [-0.2, 0) is 22.5 Å². The largest absolute Gasteiger partial charge is 0.444 e. The van der Waals surface area contributed by atoms with Gasteiger partial charge < -0.3 is 19.4 Å². The van der Waals surface area contributed by atoms with Crippen molar-refractivity contribution in [2.45, 2.75) is 31.9 Å². The second-order valence-electron chi connectivity index (χ2n) is 7.57. The highest BCUT2D eigenvalue weighted by Gasteiger charge is 2.26. The fraction of sp³-hybridized carbons (Fsp3) is 0.348. The molecule has 0 aliphatic carbocycles. The molecule has 2 aromatic heterocycles. The first-order valence-electron chi connectivity index (χ1n) is 10.3. The molecular formula is C23H25N3O4S. The number of methoxy groups -OCH3 is 1. The number of nitrogens with one attached hydrogen (secondary N) is 1. The molecule has 1 aliphatic heterocycles. The summed E-state index contributed by atoms with van der Waals surface area (Å²) in [6.07, 6.45) is 3.75. The summed E-state index contributed by atoms with van der Waals surface area (Å²) in [6, 6.07) is 9.54. The summed E-state index contributed by atoms with van der Waals surface area (Å²) in [7, 11) is 1.67. The molecule has 1 aliphatic rings. The van der Waals surface area contributed by atoms with Gasteiger partial charge in [-0.15, -0.1) is 0 Å². The summed E-state index contributed by atoms with van der Waals surface area (Å²) in [5.74, 6) is 0.255. The van der Waals surface area contributed by atoms with Crippen LogP contribution in [0, 0.1) is 0 Å². The van der Waals surface area contributed by atoms with Gasteiger partial charge in [0, 0.05) is 32.3 Å². The van der Waals surface area contributed by atoms with Crippen molar-refractivity contribution in [1.29, 1.82) is 0 Å². The number of aromatic nitrogens is 1. The first kappa shape index (κ1) is 21.3. The van der Waals surface area contributed by atoms with E-state index in [4.69, 9.17) is 9.15 Å². The molecule has 1 atom stereocenters. The Labute approximate surface area is 185 Å². The standard InChI is InChI=1S/C23H25N3O4S/c1-29-19-3-2-9-26(13-19)23(28)20-14-30-22(25-20)18-6-4-16(5-7-18)12-24-21(27)11-17-8-10-31-15-17/h4-8,10,14-15,19H,2-3,9,11-13H2,1H3,(H,24,27). The monoisotopic (exact) mass is 439 g/mol. The zero-order valence-corrected chi connectivity index (χ0v) is 18.2. The van der Waals surface area contributed by atoms with Crippen molar-refractivity contribution in [2.75, 3.05) is 20.2 Å². The van der Waals surface area contributed by atoms with Gasteiger partial charge in [-0.05, 0) is 52.9 Å². The number of piperidine rings is 1. The SMILES string of the molecule is COC1CCCN(C(=O)c2coc(-c3ccc(CNC(=O)Cc4ccsc4)cc3)n2)C1. The van der Waals surface area contributed by atoms with Crippen LogP contribution < -0.4 is 5.32 Å². The maximum Gasteiger partial charge on any atom is 0.275 e. The number of hydrogen-bond donors (Lipinski definition) is 1. The van der Waals surface area contributed by atoms with Crippen molar-refractivity contribution in [3.63, 3.8) is 0 Å². The fourth-order valence-corrected chi connectivity index (χ4v) is 4.26. The van der Waals surface area contributed by atoms with E-state index in [1.54, 1.807) is 23.3 Å². The Morgan fingerprint density at radius 1 is 1.26 bits per heavy atom. The highest BCUT2D eigenvalue weighted by atomic mass is 32.1. The van der Waals surface area contributed by atoms with Crippen LogP contribution in [0.5, 0.6) is 0 Å². The van der Waals surface area contributed by atoms with Gasteiger partial charge >= 0.3 is 0 Å². The van der Waals surface area contributed by atoms with Crippen LogP contribution in [-0.4, -0.2) is 48.0 Å². The number of amides is 2. The van der Waals surface area contributed by atoms with Crippen LogP contribution >= 0.6 is 11.3 Å². The van der Waals surface area contributed by atoms with Crippen molar-refractivity contribution in [3.05, 3.63) is 64.2 Å². The number of likely N-dealkylation sites (tertiary alicyclic amines) is 1. The third-order valence-corrected chi connectivity index (χ3v) is 6.09. The van der Waals surface area contributed by atoms with E-state index < -0.39 is 0 Å². The second-order valence-corrected chi connectivity index (χ2v) is 8.35. The van der Waals surface area contributed by atoms with Gasteiger partial charge in [0.25, 0.3) is 5.91 Å². The average Bonchev–Trinajstić information content (AvgIpc) is 3.50. The fourth-order valence-electron chi connectivity index (χ4n) is 3.59. The molecule has 31 heavy (non-hydrogen) atoms. The number of hydrogen-bond acceptors (Lipinski definition) is 6. The molecular weight excluding hydrogens is 414 g/mol. The van der Waals surface area contributed by atoms with Crippen LogP contribution in [0.2, 0.25) is 0 Å². The van der Waals surface area contributed by atoms with E-state index in [2.05, 4.69) is 10.3 Å². The Hall–Kier alpha value is -2.97. The quantitative estimate of drug-likeness (QED) is 0.609. The van der Waals surface area contributed by atoms with Gasteiger partial charge in [0.1, 0.15) is 6.26 Å². The second kappa shape index (κ2) is 9.89. The number of nitrogens with zero attached hydrogens (tertiary/aromatic N) is 2. The molecule has 7 nitrogen and oxygen atoms in total. The van der Waals surface area contributed by atoms with E-state index >= 15 is 0 Å². The summed E-state index contributed by atoms with van der Waals surface area (Å²) in [6.45, 7) is 1.73. The first-order valence-corrected chi connectivity index (χ1v) is 11.2. The predicted molar refractivity (Wildman–Crippen MR) is 118 cm³/mol. The third-order valence-electron chi connectivity index (χ3n) is 5.36. The van der Waals surface area contributed by atoms with Crippen molar-refractivity contribution in [2.24, 2.45) is 0 Å². The van der Waals surface area contributed by atoms with Gasteiger partial charge in [-0.2, -0.15) is 11.3 Å².